The third-order valence-electron chi connectivity index (χ3n) is 5.56. The van der Waals surface area contributed by atoms with E-state index in [4.69, 9.17) is 0 Å². The van der Waals surface area contributed by atoms with Crippen molar-refractivity contribution in [1.82, 2.24) is 20.3 Å². The van der Waals surface area contributed by atoms with Gasteiger partial charge in [0, 0.05) is 60.8 Å². The van der Waals surface area contributed by atoms with Gasteiger partial charge in [0.1, 0.15) is 5.82 Å². The molecule has 0 atom stereocenters. The lowest BCUT2D eigenvalue weighted by Gasteiger charge is -2.16. The summed E-state index contributed by atoms with van der Waals surface area (Å²) in [5.41, 5.74) is 3.45. The number of carbonyl (C=O) groups is 2. The van der Waals surface area contributed by atoms with Gasteiger partial charge in [-0.15, -0.1) is 0 Å². The summed E-state index contributed by atoms with van der Waals surface area (Å²) in [5, 5.41) is 2.89. The first-order valence-corrected chi connectivity index (χ1v) is 10.7. The molecular formula is C24H25N5O3. The number of hydrogen-bond acceptors (Lipinski definition) is 5. The number of carbonyl (C=O) groups excluding carboxylic acids is 2. The second-order valence-electron chi connectivity index (χ2n) is 7.81. The summed E-state index contributed by atoms with van der Waals surface area (Å²) < 4.78 is 0. The molecule has 8 nitrogen and oxygen atoms in total. The van der Waals surface area contributed by atoms with Crippen molar-refractivity contribution in [2.45, 2.75) is 39.2 Å². The normalized spacial score (nSPS) is 13.4. The Bertz CT molecular complexity index is 1190. The molecule has 1 aromatic carbocycles. The number of aromatic amines is 1. The van der Waals surface area contributed by atoms with E-state index in [-0.39, 0.29) is 23.8 Å². The van der Waals surface area contributed by atoms with Crippen LogP contribution in [0.5, 0.6) is 0 Å². The summed E-state index contributed by atoms with van der Waals surface area (Å²) >= 11 is 0. The molecule has 0 spiro atoms. The smallest absolute Gasteiger partial charge is 0.254 e. The third-order valence-corrected chi connectivity index (χ3v) is 5.56. The van der Waals surface area contributed by atoms with E-state index < -0.39 is 0 Å². The van der Waals surface area contributed by atoms with E-state index in [1.807, 2.05) is 24.3 Å². The minimum Gasteiger partial charge on any atom is -0.352 e. The van der Waals surface area contributed by atoms with Crippen LogP contribution in [0.25, 0.3) is 11.4 Å². The van der Waals surface area contributed by atoms with Crippen molar-refractivity contribution in [1.29, 1.82) is 0 Å². The van der Waals surface area contributed by atoms with E-state index in [2.05, 4.69) is 20.3 Å². The van der Waals surface area contributed by atoms with Gasteiger partial charge in [-0.1, -0.05) is 12.1 Å². The molecule has 4 rings (SSSR count). The van der Waals surface area contributed by atoms with Crippen LogP contribution < -0.4 is 15.8 Å². The van der Waals surface area contributed by atoms with Gasteiger partial charge in [0.25, 0.3) is 5.56 Å². The van der Waals surface area contributed by atoms with E-state index in [1.54, 1.807) is 36.4 Å². The number of anilines is 1. The van der Waals surface area contributed by atoms with Gasteiger partial charge in [-0.05, 0) is 49.6 Å². The Morgan fingerprint density at radius 2 is 2.00 bits per heavy atom. The maximum Gasteiger partial charge on any atom is 0.254 e. The number of benzene rings is 1. The zero-order chi connectivity index (χ0) is 22.5. The summed E-state index contributed by atoms with van der Waals surface area (Å²) in [6.45, 7) is 2.87. The van der Waals surface area contributed by atoms with Crippen LogP contribution in [-0.4, -0.2) is 33.3 Å². The number of rotatable bonds is 7. The number of nitrogens with one attached hydrogen (secondary N) is 2. The SMILES string of the molecule is Cc1nc(-c2ccncc2)[nH]c(=O)c1CCC(=O)NCc1cccc(N2CCCC2=O)c1. The monoisotopic (exact) mass is 431 g/mol. The highest BCUT2D eigenvalue weighted by Gasteiger charge is 2.21. The van der Waals surface area contributed by atoms with Gasteiger partial charge < -0.3 is 15.2 Å². The molecule has 1 fully saturated rings. The number of pyridine rings is 1. The molecule has 8 heteroatoms. The standard InChI is InChI=1S/C24H25N5O3/c1-16-20(24(32)28-23(27-16)18-9-11-25-12-10-18)7-8-21(30)26-15-17-4-2-5-19(14-17)29-13-3-6-22(29)31/h2,4-5,9-12,14H,3,6-8,13,15H2,1H3,(H,26,30)(H,27,28,32). The lowest BCUT2D eigenvalue weighted by Crippen LogP contribution is -2.26. The Kier molecular flexibility index (Phi) is 6.39. The van der Waals surface area contributed by atoms with Crippen molar-refractivity contribution in [3.63, 3.8) is 0 Å². The van der Waals surface area contributed by atoms with Gasteiger partial charge in [-0.25, -0.2) is 4.98 Å². The zero-order valence-electron chi connectivity index (χ0n) is 17.9. The zero-order valence-corrected chi connectivity index (χ0v) is 17.9. The molecule has 1 aliphatic heterocycles. The number of aryl methyl sites for hydroxylation is 1. The van der Waals surface area contributed by atoms with Gasteiger partial charge in [0.05, 0.1) is 0 Å². The minimum absolute atomic E-state index is 0.135. The largest absolute Gasteiger partial charge is 0.352 e. The summed E-state index contributed by atoms with van der Waals surface area (Å²) in [4.78, 5) is 49.9. The fourth-order valence-corrected chi connectivity index (χ4v) is 3.83. The van der Waals surface area contributed by atoms with Crippen molar-refractivity contribution >= 4 is 17.5 Å². The molecule has 2 N–H and O–H groups in total. The van der Waals surface area contributed by atoms with Crippen LogP contribution in [0.2, 0.25) is 0 Å². The highest BCUT2D eigenvalue weighted by molar-refractivity contribution is 5.95. The molecule has 164 valence electrons. The molecule has 3 aromatic rings. The number of hydrogen-bond donors (Lipinski definition) is 2. The van der Waals surface area contributed by atoms with Crippen LogP contribution in [0.15, 0.2) is 53.6 Å². The Morgan fingerprint density at radius 3 is 2.72 bits per heavy atom. The molecule has 0 radical (unpaired) electrons. The van der Waals surface area contributed by atoms with Gasteiger partial charge in [0.15, 0.2) is 0 Å². The maximum atomic E-state index is 12.5. The topological polar surface area (TPSA) is 108 Å². The molecule has 3 heterocycles. The molecule has 0 aliphatic carbocycles. The molecular weight excluding hydrogens is 406 g/mol. The predicted octanol–water partition coefficient (Wildman–Crippen LogP) is 2.52. The number of nitrogens with zero attached hydrogens (tertiary/aromatic N) is 3. The molecule has 1 aliphatic rings. The van der Waals surface area contributed by atoms with Crippen LogP contribution >= 0.6 is 0 Å². The molecule has 0 bridgehead atoms. The Labute approximate surface area is 185 Å². The van der Waals surface area contributed by atoms with Crippen molar-refractivity contribution in [2.24, 2.45) is 0 Å². The van der Waals surface area contributed by atoms with E-state index in [1.165, 1.54) is 0 Å². The van der Waals surface area contributed by atoms with Crippen molar-refractivity contribution in [3.05, 3.63) is 76.0 Å². The van der Waals surface area contributed by atoms with Crippen LogP contribution in [0.3, 0.4) is 0 Å². The molecule has 2 aromatic heterocycles. The first-order valence-electron chi connectivity index (χ1n) is 10.7. The van der Waals surface area contributed by atoms with Gasteiger partial charge in [-0.2, -0.15) is 0 Å². The maximum absolute atomic E-state index is 12.5. The van der Waals surface area contributed by atoms with Crippen LogP contribution in [0.1, 0.15) is 36.1 Å². The highest BCUT2D eigenvalue weighted by Crippen LogP contribution is 2.22. The lowest BCUT2D eigenvalue weighted by molar-refractivity contribution is -0.121. The molecule has 2 amide bonds. The van der Waals surface area contributed by atoms with Gasteiger partial charge in [0.2, 0.25) is 11.8 Å². The van der Waals surface area contributed by atoms with E-state index in [9.17, 15) is 14.4 Å². The Balaban J connectivity index is 1.35. The highest BCUT2D eigenvalue weighted by atomic mass is 16.2. The number of H-pyrrole nitrogens is 1. The molecule has 0 saturated carbocycles. The first kappa shape index (κ1) is 21.4. The third kappa shape index (κ3) is 4.91. The van der Waals surface area contributed by atoms with Gasteiger partial charge in [-0.3, -0.25) is 19.4 Å². The summed E-state index contributed by atoms with van der Waals surface area (Å²) in [5.74, 6) is 0.472. The van der Waals surface area contributed by atoms with Crippen molar-refractivity contribution < 1.29 is 9.59 Å². The molecule has 32 heavy (non-hydrogen) atoms. The van der Waals surface area contributed by atoms with Crippen LogP contribution in [-0.2, 0) is 22.6 Å². The Morgan fingerprint density at radius 1 is 1.19 bits per heavy atom. The van der Waals surface area contributed by atoms with Crippen molar-refractivity contribution in [2.75, 3.05) is 11.4 Å². The average Bonchev–Trinajstić information content (AvgIpc) is 3.23. The first-order chi connectivity index (χ1) is 15.5. The van der Waals surface area contributed by atoms with Crippen LogP contribution in [0, 0.1) is 6.92 Å². The number of aromatic nitrogens is 3. The second-order valence-corrected chi connectivity index (χ2v) is 7.81. The fourth-order valence-electron chi connectivity index (χ4n) is 3.83. The summed E-state index contributed by atoms with van der Waals surface area (Å²) in [6.07, 6.45) is 5.22. The van der Waals surface area contributed by atoms with E-state index in [0.29, 0.717) is 36.5 Å². The van der Waals surface area contributed by atoms with Gasteiger partial charge >= 0.3 is 0 Å². The second kappa shape index (κ2) is 9.55. The van der Waals surface area contributed by atoms with E-state index in [0.717, 1.165) is 29.8 Å². The van der Waals surface area contributed by atoms with E-state index >= 15 is 0 Å². The lowest BCUT2D eigenvalue weighted by atomic mass is 10.1. The van der Waals surface area contributed by atoms with Crippen molar-refractivity contribution in [3.8, 4) is 11.4 Å². The Hall–Kier alpha value is -3.81. The average molecular weight is 431 g/mol. The van der Waals surface area contributed by atoms with Crippen LogP contribution in [0.4, 0.5) is 5.69 Å². The summed E-state index contributed by atoms with van der Waals surface area (Å²) in [7, 11) is 0. The minimum atomic E-state index is -0.236. The molecule has 1 saturated heterocycles. The fraction of sp³-hybridized carbons (Fsp3) is 0.292. The number of amides is 2. The predicted molar refractivity (Wildman–Crippen MR) is 121 cm³/mol. The quantitative estimate of drug-likeness (QED) is 0.598. The molecule has 0 unspecified atom stereocenters. The summed E-state index contributed by atoms with van der Waals surface area (Å²) in [6, 6.07) is 11.2.